The molecular weight excluding hydrogens is 384 g/mol. The van der Waals surface area contributed by atoms with Gasteiger partial charge in [0.25, 0.3) is 0 Å². The number of aryl methyl sites for hydroxylation is 1. The van der Waals surface area contributed by atoms with E-state index in [9.17, 15) is 4.79 Å². The number of amides is 1. The lowest BCUT2D eigenvalue weighted by atomic mass is 10.0. The van der Waals surface area contributed by atoms with Gasteiger partial charge in [0.05, 0.1) is 20.6 Å². The molecule has 0 saturated carbocycles. The SMILES string of the molecule is COc1cc(OC)cc([C@H](NC(=O)Cc2noc3ccccc23)c2nccn2C)c1. The second-order valence-electron chi connectivity index (χ2n) is 6.85. The number of carbonyl (C=O) groups is 1. The topological polar surface area (TPSA) is 91.4 Å². The number of carbonyl (C=O) groups excluding carboxylic acids is 1. The first-order valence-corrected chi connectivity index (χ1v) is 9.42. The summed E-state index contributed by atoms with van der Waals surface area (Å²) in [5.74, 6) is 1.73. The monoisotopic (exact) mass is 406 g/mol. The molecule has 2 heterocycles. The molecule has 0 bridgehead atoms. The summed E-state index contributed by atoms with van der Waals surface area (Å²) < 4.78 is 18.0. The van der Waals surface area contributed by atoms with Crippen molar-refractivity contribution >= 4 is 16.9 Å². The first-order chi connectivity index (χ1) is 14.6. The van der Waals surface area contributed by atoms with E-state index >= 15 is 0 Å². The zero-order valence-corrected chi connectivity index (χ0v) is 17.0. The van der Waals surface area contributed by atoms with Crippen LogP contribution < -0.4 is 14.8 Å². The van der Waals surface area contributed by atoms with Crippen LogP contribution in [0.25, 0.3) is 11.0 Å². The summed E-state index contributed by atoms with van der Waals surface area (Å²) in [6.45, 7) is 0. The van der Waals surface area contributed by atoms with Gasteiger partial charge in [-0.2, -0.15) is 0 Å². The van der Waals surface area contributed by atoms with Crippen LogP contribution in [0.15, 0.2) is 59.4 Å². The van der Waals surface area contributed by atoms with Gasteiger partial charge in [0, 0.05) is 30.9 Å². The summed E-state index contributed by atoms with van der Waals surface area (Å²) in [4.78, 5) is 17.4. The molecule has 4 aromatic rings. The molecule has 8 heteroatoms. The van der Waals surface area contributed by atoms with E-state index < -0.39 is 6.04 Å². The van der Waals surface area contributed by atoms with E-state index in [2.05, 4.69) is 15.5 Å². The van der Waals surface area contributed by atoms with Crippen molar-refractivity contribution in [3.8, 4) is 11.5 Å². The van der Waals surface area contributed by atoms with Crippen molar-refractivity contribution in [2.75, 3.05) is 14.2 Å². The van der Waals surface area contributed by atoms with Gasteiger partial charge in [-0.25, -0.2) is 4.98 Å². The Balaban J connectivity index is 1.66. The maximum absolute atomic E-state index is 13.0. The molecule has 30 heavy (non-hydrogen) atoms. The van der Waals surface area contributed by atoms with E-state index in [4.69, 9.17) is 14.0 Å². The third kappa shape index (κ3) is 3.84. The Morgan fingerprint density at radius 2 is 1.90 bits per heavy atom. The maximum Gasteiger partial charge on any atom is 0.227 e. The highest BCUT2D eigenvalue weighted by Gasteiger charge is 2.23. The van der Waals surface area contributed by atoms with Gasteiger partial charge in [-0.1, -0.05) is 17.3 Å². The van der Waals surface area contributed by atoms with Gasteiger partial charge in [0.2, 0.25) is 5.91 Å². The van der Waals surface area contributed by atoms with Gasteiger partial charge in [-0.15, -0.1) is 0 Å². The number of aromatic nitrogens is 3. The van der Waals surface area contributed by atoms with Crippen molar-refractivity contribution < 1.29 is 18.8 Å². The van der Waals surface area contributed by atoms with Gasteiger partial charge >= 0.3 is 0 Å². The van der Waals surface area contributed by atoms with Crippen molar-refractivity contribution in [1.29, 1.82) is 0 Å². The van der Waals surface area contributed by atoms with Crippen LogP contribution in [0.5, 0.6) is 11.5 Å². The van der Waals surface area contributed by atoms with Crippen molar-refractivity contribution in [2.24, 2.45) is 7.05 Å². The molecule has 1 amide bonds. The maximum atomic E-state index is 13.0. The van der Waals surface area contributed by atoms with Gasteiger partial charge in [0.15, 0.2) is 5.58 Å². The van der Waals surface area contributed by atoms with Crippen LogP contribution in [0, 0.1) is 0 Å². The predicted molar refractivity (Wildman–Crippen MR) is 110 cm³/mol. The Morgan fingerprint density at radius 1 is 1.17 bits per heavy atom. The highest BCUT2D eigenvalue weighted by molar-refractivity contribution is 5.86. The van der Waals surface area contributed by atoms with Crippen LogP contribution in [0.2, 0.25) is 0 Å². The molecule has 0 aliphatic rings. The Hall–Kier alpha value is -3.81. The quantitative estimate of drug-likeness (QED) is 0.507. The molecule has 0 aliphatic heterocycles. The zero-order valence-electron chi connectivity index (χ0n) is 17.0. The predicted octanol–water partition coefficient (Wildman–Crippen LogP) is 3.03. The number of nitrogens with zero attached hydrogens (tertiary/aromatic N) is 3. The highest BCUT2D eigenvalue weighted by atomic mass is 16.5. The second kappa shape index (κ2) is 8.28. The minimum Gasteiger partial charge on any atom is -0.497 e. The van der Waals surface area contributed by atoms with Crippen molar-refractivity contribution in [3.63, 3.8) is 0 Å². The Bertz CT molecular complexity index is 1160. The molecule has 4 rings (SSSR count). The average molecular weight is 406 g/mol. The molecule has 0 radical (unpaired) electrons. The van der Waals surface area contributed by atoms with Crippen LogP contribution in [-0.4, -0.2) is 34.8 Å². The minimum atomic E-state index is -0.500. The fraction of sp³-hybridized carbons (Fsp3) is 0.227. The van der Waals surface area contributed by atoms with Gasteiger partial charge < -0.3 is 23.9 Å². The van der Waals surface area contributed by atoms with Crippen molar-refractivity contribution in [1.82, 2.24) is 20.0 Å². The number of ether oxygens (including phenoxy) is 2. The number of rotatable bonds is 7. The molecule has 1 N–H and O–H groups in total. The minimum absolute atomic E-state index is 0.0824. The summed E-state index contributed by atoms with van der Waals surface area (Å²) in [5, 5.41) is 7.94. The smallest absolute Gasteiger partial charge is 0.227 e. The van der Waals surface area contributed by atoms with Crippen LogP contribution >= 0.6 is 0 Å². The summed E-state index contributed by atoms with van der Waals surface area (Å²) >= 11 is 0. The van der Waals surface area contributed by atoms with E-state index in [0.29, 0.717) is 28.6 Å². The molecule has 8 nitrogen and oxygen atoms in total. The van der Waals surface area contributed by atoms with Crippen LogP contribution in [0.3, 0.4) is 0 Å². The lowest BCUT2D eigenvalue weighted by Crippen LogP contribution is -2.32. The number of benzene rings is 2. The molecule has 0 unspecified atom stereocenters. The standard InChI is InChI=1S/C22H22N4O4/c1-26-9-8-23-22(26)21(14-10-15(28-2)12-16(11-14)29-3)24-20(27)13-18-17-6-4-5-7-19(17)30-25-18/h4-12,21H,13H2,1-3H3,(H,24,27)/t21-/m0/s1. The van der Waals surface area contributed by atoms with E-state index in [1.807, 2.05) is 54.2 Å². The fourth-order valence-electron chi connectivity index (χ4n) is 3.38. The van der Waals surface area contributed by atoms with Crippen molar-refractivity contribution in [3.05, 3.63) is 71.9 Å². The average Bonchev–Trinajstić information content (AvgIpc) is 3.38. The molecule has 0 spiro atoms. The van der Waals surface area contributed by atoms with E-state index in [0.717, 1.165) is 10.9 Å². The summed E-state index contributed by atoms with van der Waals surface area (Å²) in [6.07, 6.45) is 3.60. The summed E-state index contributed by atoms with van der Waals surface area (Å²) in [6, 6.07) is 12.5. The number of hydrogen-bond acceptors (Lipinski definition) is 6. The third-order valence-electron chi connectivity index (χ3n) is 4.91. The van der Waals surface area contributed by atoms with Gasteiger partial charge in [-0.3, -0.25) is 4.79 Å². The number of imidazole rings is 1. The van der Waals surface area contributed by atoms with Crippen LogP contribution in [-0.2, 0) is 18.3 Å². The molecule has 2 aromatic carbocycles. The largest absolute Gasteiger partial charge is 0.497 e. The Labute approximate surface area is 173 Å². The van der Waals surface area contributed by atoms with Gasteiger partial charge in [-0.05, 0) is 29.8 Å². The van der Waals surface area contributed by atoms with E-state index in [1.54, 1.807) is 26.5 Å². The van der Waals surface area contributed by atoms with E-state index in [-0.39, 0.29) is 12.3 Å². The molecule has 1 atom stereocenters. The lowest BCUT2D eigenvalue weighted by molar-refractivity contribution is -0.121. The summed E-state index contributed by atoms with van der Waals surface area (Å²) in [7, 11) is 5.05. The number of para-hydroxylation sites is 1. The molecule has 0 fully saturated rings. The van der Waals surface area contributed by atoms with E-state index in [1.165, 1.54) is 0 Å². The number of fused-ring (bicyclic) bond motifs is 1. The molecule has 0 aliphatic carbocycles. The highest BCUT2D eigenvalue weighted by Crippen LogP contribution is 2.29. The molecule has 0 saturated heterocycles. The molecular formula is C22H22N4O4. The normalized spacial score (nSPS) is 12.0. The summed E-state index contributed by atoms with van der Waals surface area (Å²) in [5.41, 5.74) is 2.03. The Kier molecular flexibility index (Phi) is 5.38. The van der Waals surface area contributed by atoms with Gasteiger partial charge in [0.1, 0.15) is 29.1 Å². The zero-order chi connectivity index (χ0) is 21.1. The fourth-order valence-corrected chi connectivity index (χ4v) is 3.38. The molecule has 2 aromatic heterocycles. The first kappa shape index (κ1) is 19.5. The van der Waals surface area contributed by atoms with Crippen molar-refractivity contribution in [2.45, 2.75) is 12.5 Å². The molecule has 154 valence electrons. The number of hydrogen-bond donors (Lipinski definition) is 1. The van der Waals surface area contributed by atoms with Crippen LogP contribution in [0.1, 0.15) is 23.1 Å². The third-order valence-corrected chi connectivity index (χ3v) is 4.91. The number of nitrogens with one attached hydrogen (secondary N) is 1. The lowest BCUT2D eigenvalue weighted by Gasteiger charge is -2.20. The first-order valence-electron chi connectivity index (χ1n) is 9.42. The second-order valence-corrected chi connectivity index (χ2v) is 6.85. The number of methoxy groups -OCH3 is 2. The Morgan fingerprint density at radius 3 is 2.57 bits per heavy atom. The van der Waals surface area contributed by atoms with Crippen LogP contribution in [0.4, 0.5) is 0 Å².